The smallest absolute Gasteiger partial charge is 0.261 e. The second-order valence-corrected chi connectivity index (χ2v) is 7.33. The lowest BCUT2D eigenvalue weighted by Gasteiger charge is -2.10. The molecule has 2 rings (SSSR count). The second kappa shape index (κ2) is 10.9. The van der Waals surface area contributed by atoms with Gasteiger partial charge in [0.25, 0.3) is 15.9 Å². The van der Waals surface area contributed by atoms with Gasteiger partial charge in [-0.3, -0.25) is 9.52 Å². The molecule has 0 spiro atoms. The number of halogens is 2. The summed E-state index contributed by atoms with van der Waals surface area (Å²) in [5.41, 5.74) is 0.491. The molecular formula is C18H23ClFN3O3S. The second-order valence-electron chi connectivity index (χ2n) is 5.65. The first-order valence-electron chi connectivity index (χ1n) is 8.30. The highest BCUT2D eigenvalue weighted by Crippen LogP contribution is 2.17. The summed E-state index contributed by atoms with van der Waals surface area (Å²) in [6.07, 6.45) is 1.01. The maximum absolute atomic E-state index is 12.9. The maximum atomic E-state index is 12.9. The SMILES string of the molecule is CCCNCCNC(=O)c1cccc(S(=O)(=O)Nc2ccc(F)cc2)c1.Cl. The summed E-state index contributed by atoms with van der Waals surface area (Å²) in [5.74, 6) is -0.804. The molecule has 3 N–H and O–H groups in total. The normalized spacial score (nSPS) is 10.7. The Kier molecular flexibility index (Phi) is 9.20. The number of hydrogen-bond donors (Lipinski definition) is 3. The van der Waals surface area contributed by atoms with Crippen LogP contribution in [0.2, 0.25) is 0 Å². The van der Waals surface area contributed by atoms with Crippen molar-refractivity contribution in [1.82, 2.24) is 10.6 Å². The third-order valence-corrected chi connectivity index (χ3v) is 4.90. The number of benzene rings is 2. The van der Waals surface area contributed by atoms with Gasteiger partial charge in [0.15, 0.2) is 0 Å². The average Bonchev–Trinajstić information content (AvgIpc) is 2.63. The number of carbonyl (C=O) groups excluding carboxylic acids is 1. The molecular weight excluding hydrogens is 393 g/mol. The first-order chi connectivity index (χ1) is 12.4. The van der Waals surface area contributed by atoms with Gasteiger partial charge in [-0.15, -0.1) is 12.4 Å². The zero-order valence-corrected chi connectivity index (χ0v) is 16.5. The van der Waals surface area contributed by atoms with Gasteiger partial charge in [0, 0.05) is 24.3 Å². The molecule has 2 aromatic rings. The van der Waals surface area contributed by atoms with Gasteiger partial charge >= 0.3 is 0 Å². The van der Waals surface area contributed by atoms with Gasteiger partial charge in [-0.2, -0.15) is 0 Å². The summed E-state index contributed by atoms with van der Waals surface area (Å²) in [6.45, 7) is 4.02. The molecule has 0 aliphatic carbocycles. The summed E-state index contributed by atoms with van der Waals surface area (Å²) in [4.78, 5) is 12.1. The molecule has 2 aromatic carbocycles. The van der Waals surface area contributed by atoms with Crippen LogP contribution < -0.4 is 15.4 Å². The van der Waals surface area contributed by atoms with Gasteiger partial charge in [-0.25, -0.2) is 12.8 Å². The van der Waals surface area contributed by atoms with E-state index in [1.807, 2.05) is 0 Å². The molecule has 0 aromatic heterocycles. The lowest BCUT2D eigenvalue weighted by atomic mass is 10.2. The van der Waals surface area contributed by atoms with E-state index >= 15 is 0 Å². The Morgan fingerprint density at radius 2 is 1.74 bits per heavy atom. The van der Waals surface area contributed by atoms with Crippen LogP contribution in [0.25, 0.3) is 0 Å². The van der Waals surface area contributed by atoms with E-state index < -0.39 is 15.8 Å². The van der Waals surface area contributed by atoms with E-state index in [2.05, 4.69) is 22.3 Å². The molecule has 0 saturated carbocycles. The fraction of sp³-hybridized carbons (Fsp3) is 0.278. The number of nitrogens with one attached hydrogen (secondary N) is 3. The van der Waals surface area contributed by atoms with Crippen LogP contribution in [0.1, 0.15) is 23.7 Å². The standard InChI is InChI=1S/C18H22FN3O3S.ClH/c1-2-10-20-11-12-21-18(23)14-4-3-5-17(13-14)26(24,25)22-16-8-6-15(19)7-9-16;/h3-9,13,20,22H,2,10-12H2,1H3,(H,21,23);1H. The van der Waals surface area contributed by atoms with Crippen LogP contribution in [-0.2, 0) is 10.0 Å². The largest absolute Gasteiger partial charge is 0.351 e. The van der Waals surface area contributed by atoms with Crippen LogP contribution in [0.15, 0.2) is 53.4 Å². The monoisotopic (exact) mass is 415 g/mol. The third kappa shape index (κ3) is 7.16. The zero-order valence-electron chi connectivity index (χ0n) is 14.9. The number of carbonyl (C=O) groups is 1. The molecule has 0 bridgehead atoms. The van der Waals surface area contributed by atoms with Crippen LogP contribution in [0.5, 0.6) is 0 Å². The maximum Gasteiger partial charge on any atom is 0.261 e. The average molecular weight is 416 g/mol. The van der Waals surface area contributed by atoms with Crippen molar-refractivity contribution in [3.05, 3.63) is 59.9 Å². The molecule has 27 heavy (non-hydrogen) atoms. The van der Waals surface area contributed by atoms with E-state index in [0.29, 0.717) is 13.1 Å². The van der Waals surface area contributed by atoms with E-state index in [9.17, 15) is 17.6 Å². The molecule has 6 nitrogen and oxygen atoms in total. The molecule has 0 unspecified atom stereocenters. The summed E-state index contributed by atoms with van der Waals surface area (Å²) in [5, 5.41) is 5.90. The van der Waals surface area contributed by atoms with E-state index in [1.165, 1.54) is 30.3 Å². The Morgan fingerprint density at radius 3 is 2.41 bits per heavy atom. The first-order valence-corrected chi connectivity index (χ1v) is 9.78. The molecule has 148 valence electrons. The number of rotatable bonds is 9. The Morgan fingerprint density at radius 1 is 1.04 bits per heavy atom. The highest BCUT2D eigenvalue weighted by molar-refractivity contribution is 7.92. The number of anilines is 1. The molecule has 0 radical (unpaired) electrons. The van der Waals surface area contributed by atoms with Gasteiger partial charge in [0.1, 0.15) is 5.82 Å². The van der Waals surface area contributed by atoms with Crippen molar-refractivity contribution in [3.63, 3.8) is 0 Å². The number of sulfonamides is 1. The van der Waals surface area contributed by atoms with Crippen LogP contribution in [0.3, 0.4) is 0 Å². The summed E-state index contributed by atoms with van der Waals surface area (Å²) in [6, 6.07) is 10.7. The third-order valence-electron chi connectivity index (χ3n) is 3.52. The van der Waals surface area contributed by atoms with Crippen LogP contribution in [0.4, 0.5) is 10.1 Å². The Labute approximate surface area is 165 Å². The van der Waals surface area contributed by atoms with E-state index in [4.69, 9.17) is 0 Å². The van der Waals surface area contributed by atoms with E-state index in [-0.39, 0.29) is 34.5 Å². The topological polar surface area (TPSA) is 87.3 Å². The van der Waals surface area contributed by atoms with Gasteiger partial charge in [0.05, 0.1) is 4.90 Å². The minimum absolute atomic E-state index is 0. The minimum atomic E-state index is -3.88. The number of hydrogen-bond acceptors (Lipinski definition) is 4. The van der Waals surface area contributed by atoms with Gasteiger partial charge in [0.2, 0.25) is 0 Å². The molecule has 0 fully saturated rings. The molecule has 0 saturated heterocycles. The van der Waals surface area contributed by atoms with Crippen LogP contribution in [-0.4, -0.2) is 34.0 Å². The zero-order chi connectivity index (χ0) is 19.0. The van der Waals surface area contributed by atoms with Gasteiger partial charge in [-0.05, 0) is 55.4 Å². The van der Waals surface area contributed by atoms with Crippen molar-refractivity contribution in [3.8, 4) is 0 Å². The Bertz CT molecular complexity index is 845. The molecule has 9 heteroatoms. The quantitative estimate of drug-likeness (QED) is 0.549. The van der Waals surface area contributed by atoms with Crippen molar-refractivity contribution in [2.75, 3.05) is 24.4 Å². The van der Waals surface area contributed by atoms with Crippen LogP contribution in [0, 0.1) is 5.82 Å². The lowest BCUT2D eigenvalue weighted by Crippen LogP contribution is -2.32. The van der Waals surface area contributed by atoms with Crippen molar-refractivity contribution in [2.24, 2.45) is 0 Å². The van der Waals surface area contributed by atoms with Crippen molar-refractivity contribution < 1.29 is 17.6 Å². The van der Waals surface area contributed by atoms with E-state index in [1.54, 1.807) is 6.07 Å². The highest BCUT2D eigenvalue weighted by atomic mass is 35.5. The summed E-state index contributed by atoms with van der Waals surface area (Å²) < 4.78 is 40.2. The summed E-state index contributed by atoms with van der Waals surface area (Å²) >= 11 is 0. The van der Waals surface area contributed by atoms with E-state index in [0.717, 1.165) is 25.1 Å². The Hall–Kier alpha value is -2.16. The highest BCUT2D eigenvalue weighted by Gasteiger charge is 2.16. The Balaban J connectivity index is 0.00000364. The van der Waals surface area contributed by atoms with Crippen LogP contribution >= 0.6 is 12.4 Å². The predicted octanol–water partition coefficient (Wildman–Crippen LogP) is 2.78. The predicted molar refractivity (Wildman–Crippen MR) is 106 cm³/mol. The molecule has 0 atom stereocenters. The summed E-state index contributed by atoms with van der Waals surface area (Å²) in [7, 11) is -3.88. The molecule has 0 aliphatic heterocycles. The van der Waals surface area contributed by atoms with Gasteiger partial charge in [-0.1, -0.05) is 13.0 Å². The van der Waals surface area contributed by atoms with Crippen molar-refractivity contribution >= 4 is 34.0 Å². The molecule has 0 heterocycles. The lowest BCUT2D eigenvalue weighted by molar-refractivity contribution is 0.0953. The van der Waals surface area contributed by atoms with Gasteiger partial charge < -0.3 is 10.6 Å². The van der Waals surface area contributed by atoms with Crippen molar-refractivity contribution in [1.29, 1.82) is 0 Å². The number of amides is 1. The molecule has 1 amide bonds. The minimum Gasteiger partial charge on any atom is -0.351 e. The fourth-order valence-electron chi connectivity index (χ4n) is 2.20. The molecule has 0 aliphatic rings. The first kappa shape index (κ1) is 22.9. The fourth-order valence-corrected chi connectivity index (χ4v) is 3.31. The van der Waals surface area contributed by atoms with Crippen molar-refractivity contribution in [2.45, 2.75) is 18.2 Å².